The molecule has 3 N–H and O–H groups in total. The number of amides is 1. The van der Waals surface area contributed by atoms with Gasteiger partial charge in [-0.25, -0.2) is 0 Å². The topological polar surface area (TPSA) is 99.1 Å². The van der Waals surface area contributed by atoms with Gasteiger partial charge < -0.3 is 20.3 Å². The van der Waals surface area contributed by atoms with Gasteiger partial charge in [-0.3, -0.25) is 14.5 Å². The lowest BCUT2D eigenvalue weighted by Gasteiger charge is -2.21. The largest absolute Gasteiger partial charge is 0.481 e. The van der Waals surface area contributed by atoms with Gasteiger partial charge in [0, 0.05) is 19.6 Å². The second-order valence-corrected chi connectivity index (χ2v) is 4.95. The first-order valence-electron chi connectivity index (χ1n) is 6.85. The molecule has 0 rings (SSSR count). The van der Waals surface area contributed by atoms with E-state index in [0.29, 0.717) is 32.2 Å². The van der Waals surface area contributed by atoms with Crippen molar-refractivity contribution in [1.82, 2.24) is 10.2 Å². The molecule has 0 aromatic carbocycles. The van der Waals surface area contributed by atoms with Crippen LogP contribution in [0.2, 0.25) is 0 Å². The molecule has 0 saturated heterocycles. The van der Waals surface area contributed by atoms with Crippen molar-refractivity contribution in [2.24, 2.45) is 5.92 Å². The number of ether oxygens (including phenoxy) is 1. The molecule has 0 aromatic heterocycles. The molecule has 0 fully saturated rings. The second-order valence-electron chi connectivity index (χ2n) is 4.95. The molecule has 0 saturated carbocycles. The van der Waals surface area contributed by atoms with Crippen molar-refractivity contribution in [1.29, 1.82) is 0 Å². The number of nitrogens with zero attached hydrogens (tertiary/aromatic N) is 1. The van der Waals surface area contributed by atoms with Gasteiger partial charge in [-0.1, -0.05) is 13.8 Å². The Bertz CT molecular complexity index is 284. The Balaban J connectivity index is 4.07. The lowest BCUT2D eigenvalue weighted by atomic mass is 10.2. The minimum Gasteiger partial charge on any atom is -0.481 e. The van der Waals surface area contributed by atoms with Crippen LogP contribution in [0.25, 0.3) is 0 Å². The molecule has 0 unspecified atom stereocenters. The summed E-state index contributed by atoms with van der Waals surface area (Å²) < 4.78 is 5.13. The van der Waals surface area contributed by atoms with Crippen molar-refractivity contribution in [2.45, 2.75) is 20.3 Å². The average molecular weight is 290 g/mol. The standard InChI is InChI=1S/C13H26N2O5/c1-11(2)9-14-12(17)10-15(4-3-13(18)19)5-7-20-8-6-16/h11,16H,3-10H2,1-2H3,(H,14,17)(H,18,19). The Morgan fingerprint density at radius 3 is 2.50 bits per heavy atom. The predicted octanol–water partition coefficient (Wildman–Crippen LogP) is -0.456. The summed E-state index contributed by atoms with van der Waals surface area (Å²) in [5, 5.41) is 20.1. The molecule has 0 heterocycles. The van der Waals surface area contributed by atoms with Crippen LogP contribution in [0.3, 0.4) is 0 Å². The predicted molar refractivity (Wildman–Crippen MR) is 74.4 cm³/mol. The molecule has 0 aliphatic carbocycles. The molecule has 7 heteroatoms. The smallest absolute Gasteiger partial charge is 0.304 e. The van der Waals surface area contributed by atoms with Crippen molar-refractivity contribution < 1.29 is 24.5 Å². The van der Waals surface area contributed by atoms with E-state index in [4.69, 9.17) is 14.9 Å². The molecule has 7 nitrogen and oxygen atoms in total. The van der Waals surface area contributed by atoms with Crippen LogP contribution in [0.15, 0.2) is 0 Å². The van der Waals surface area contributed by atoms with Crippen LogP contribution in [-0.4, -0.2) is 73.0 Å². The van der Waals surface area contributed by atoms with Crippen LogP contribution in [-0.2, 0) is 14.3 Å². The highest BCUT2D eigenvalue weighted by molar-refractivity contribution is 5.78. The van der Waals surface area contributed by atoms with Crippen molar-refractivity contribution in [2.75, 3.05) is 46.0 Å². The van der Waals surface area contributed by atoms with E-state index >= 15 is 0 Å². The molecular weight excluding hydrogens is 264 g/mol. The van der Waals surface area contributed by atoms with Crippen LogP contribution in [0, 0.1) is 5.92 Å². The normalized spacial score (nSPS) is 11.1. The van der Waals surface area contributed by atoms with E-state index in [1.54, 1.807) is 4.90 Å². The van der Waals surface area contributed by atoms with Gasteiger partial charge in [-0.05, 0) is 5.92 Å². The number of carboxylic acids is 1. The number of aliphatic hydroxyl groups is 1. The highest BCUT2D eigenvalue weighted by Gasteiger charge is 2.12. The summed E-state index contributed by atoms with van der Waals surface area (Å²) >= 11 is 0. The zero-order valence-corrected chi connectivity index (χ0v) is 12.3. The van der Waals surface area contributed by atoms with Crippen LogP contribution >= 0.6 is 0 Å². The summed E-state index contributed by atoms with van der Waals surface area (Å²) in [6.45, 7) is 6.08. The third-order valence-corrected chi connectivity index (χ3v) is 2.50. The van der Waals surface area contributed by atoms with Gasteiger partial charge in [-0.15, -0.1) is 0 Å². The molecule has 20 heavy (non-hydrogen) atoms. The maximum Gasteiger partial charge on any atom is 0.304 e. The Hall–Kier alpha value is -1.18. The van der Waals surface area contributed by atoms with Gasteiger partial charge >= 0.3 is 5.97 Å². The molecule has 0 aromatic rings. The third kappa shape index (κ3) is 11.9. The summed E-state index contributed by atoms with van der Waals surface area (Å²) in [6, 6.07) is 0. The number of hydrogen-bond acceptors (Lipinski definition) is 5. The summed E-state index contributed by atoms with van der Waals surface area (Å²) in [5.41, 5.74) is 0. The van der Waals surface area contributed by atoms with Gasteiger partial charge in [0.25, 0.3) is 0 Å². The highest BCUT2D eigenvalue weighted by Crippen LogP contribution is 1.94. The number of rotatable bonds is 12. The SMILES string of the molecule is CC(C)CNC(=O)CN(CCOCCO)CCC(=O)O. The zero-order chi connectivity index (χ0) is 15.4. The molecule has 118 valence electrons. The number of carbonyl (C=O) groups is 2. The van der Waals surface area contributed by atoms with E-state index in [-0.39, 0.29) is 32.1 Å². The fraction of sp³-hybridized carbons (Fsp3) is 0.846. The lowest BCUT2D eigenvalue weighted by Crippen LogP contribution is -2.40. The van der Waals surface area contributed by atoms with Crippen molar-refractivity contribution in [3.05, 3.63) is 0 Å². The first-order valence-corrected chi connectivity index (χ1v) is 6.85. The number of aliphatic carboxylic acids is 1. The second kappa shape index (κ2) is 11.6. The third-order valence-electron chi connectivity index (χ3n) is 2.50. The Morgan fingerprint density at radius 2 is 1.95 bits per heavy atom. The Labute approximate surface area is 119 Å². The van der Waals surface area contributed by atoms with Gasteiger partial charge in [0.15, 0.2) is 0 Å². The number of carbonyl (C=O) groups excluding carboxylic acids is 1. The average Bonchev–Trinajstić information content (AvgIpc) is 2.38. The highest BCUT2D eigenvalue weighted by atomic mass is 16.5. The van der Waals surface area contributed by atoms with E-state index in [0.717, 1.165) is 0 Å². The first kappa shape index (κ1) is 18.8. The van der Waals surface area contributed by atoms with Gasteiger partial charge in [0.1, 0.15) is 0 Å². The first-order chi connectivity index (χ1) is 9.45. The molecule has 0 bridgehead atoms. The quantitative estimate of drug-likeness (QED) is 0.421. The molecule has 0 atom stereocenters. The van der Waals surface area contributed by atoms with Gasteiger partial charge in [0.05, 0.1) is 32.8 Å². The van der Waals surface area contributed by atoms with E-state index in [2.05, 4.69) is 5.32 Å². The van der Waals surface area contributed by atoms with E-state index < -0.39 is 5.97 Å². The fourth-order valence-electron chi connectivity index (χ4n) is 1.46. The summed E-state index contributed by atoms with van der Waals surface area (Å²) in [5.74, 6) is -0.639. The zero-order valence-electron chi connectivity index (χ0n) is 12.3. The van der Waals surface area contributed by atoms with Crippen LogP contribution in [0.1, 0.15) is 20.3 Å². The lowest BCUT2D eigenvalue weighted by molar-refractivity contribution is -0.137. The fourth-order valence-corrected chi connectivity index (χ4v) is 1.46. The van der Waals surface area contributed by atoms with Crippen LogP contribution in [0.5, 0.6) is 0 Å². The molecule has 1 amide bonds. The Kier molecular flexibility index (Phi) is 10.9. The van der Waals surface area contributed by atoms with Crippen molar-refractivity contribution >= 4 is 11.9 Å². The van der Waals surface area contributed by atoms with Gasteiger partial charge in [-0.2, -0.15) is 0 Å². The number of aliphatic hydroxyl groups excluding tert-OH is 1. The van der Waals surface area contributed by atoms with E-state index in [1.807, 2.05) is 13.8 Å². The molecular formula is C13H26N2O5. The van der Waals surface area contributed by atoms with Crippen molar-refractivity contribution in [3.8, 4) is 0 Å². The summed E-state index contributed by atoms with van der Waals surface area (Å²) in [6.07, 6.45) is -0.0164. The van der Waals surface area contributed by atoms with Gasteiger partial charge in [0.2, 0.25) is 5.91 Å². The number of nitrogens with one attached hydrogen (secondary N) is 1. The van der Waals surface area contributed by atoms with E-state index in [1.165, 1.54) is 0 Å². The Morgan fingerprint density at radius 1 is 1.25 bits per heavy atom. The molecule has 0 aliphatic rings. The minimum absolute atomic E-state index is 0.0164. The molecule has 0 aliphatic heterocycles. The molecule has 0 spiro atoms. The van der Waals surface area contributed by atoms with Crippen molar-refractivity contribution in [3.63, 3.8) is 0 Å². The molecule has 0 radical (unpaired) electrons. The van der Waals surface area contributed by atoms with Crippen LogP contribution < -0.4 is 5.32 Å². The maximum atomic E-state index is 11.7. The summed E-state index contributed by atoms with van der Waals surface area (Å²) in [7, 11) is 0. The number of carboxylic acid groups (broad SMARTS) is 1. The number of hydrogen-bond donors (Lipinski definition) is 3. The summed E-state index contributed by atoms with van der Waals surface area (Å²) in [4.78, 5) is 24.0. The maximum absolute atomic E-state index is 11.7. The van der Waals surface area contributed by atoms with Crippen LogP contribution in [0.4, 0.5) is 0 Å². The minimum atomic E-state index is -0.895. The van der Waals surface area contributed by atoms with E-state index in [9.17, 15) is 9.59 Å². The monoisotopic (exact) mass is 290 g/mol.